The third-order valence-electron chi connectivity index (χ3n) is 3.43. The molecule has 5 heteroatoms. The van der Waals surface area contributed by atoms with Crippen molar-refractivity contribution >= 4 is 0 Å². The van der Waals surface area contributed by atoms with Crippen LogP contribution < -0.4 is 14.8 Å². The minimum Gasteiger partial charge on any atom is -0.454 e. The van der Waals surface area contributed by atoms with Gasteiger partial charge in [-0.05, 0) is 42.3 Å². The molecule has 3 rings (SSSR count). The minimum atomic E-state index is -0.567. The van der Waals surface area contributed by atoms with Gasteiger partial charge in [0.2, 0.25) is 6.79 Å². The highest BCUT2D eigenvalue weighted by atomic mass is 19.1. The van der Waals surface area contributed by atoms with Crippen molar-refractivity contribution in [3.8, 4) is 11.5 Å². The van der Waals surface area contributed by atoms with E-state index in [2.05, 4.69) is 5.32 Å². The van der Waals surface area contributed by atoms with Crippen molar-refractivity contribution in [1.82, 2.24) is 5.32 Å². The molecule has 0 aliphatic carbocycles. The Morgan fingerprint density at radius 1 is 1.05 bits per heavy atom. The molecule has 0 bridgehead atoms. The minimum absolute atomic E-state index is 0.0193. The van der Waals surface area contributed by atoms with Gasteiger partial charge < -0.3 is 14.8 Å². The van der Waals surface area contributed by atoms with Crippen LogP contribution in [0.1, 0.15) is 24.1 Å². The van der Waals surface area contributed by atoms with Crippen LogP contribution in [0.5, 0.6) is 11.5 Å². The summed E-state index contributed by atoms with van der Waals surface area (Å²) in [5.74, 6) is 0.321. The maximum Gasteiger partial charge on any atom is 0.231 e. The van der Waals surface area contributed by atoms with Crippen LogP contribution in [-0.4, -0.2) is 6.79 Å². The molecule has 110 valence electrons. The second-order valence-corrected chi connectivity index (χ2v) is 4.99. The zero-order valence-electron chi connectivity index (χ0n) is 11.5. The third-order valence-corrected chi connectivity index (χ3v) is 3.43. The van der Waals surface area contributed by atoms with Gasteiger partial charge >= 0.3 is 0 Å². The van der Waals surface area contributed by atoms with E-state index in [4.69, 9.17) is 9.47 Å². The molecule has 1 aliphatic rings. The average molecular weight is 291 g/mol. The van der Waals surface area contributed by atoms with Crippen LogP contribution in [0.15, 0.2) is 36.4 Å². The average Bonchev–Trinajstić information content (AvgIpc) is 2.91. The lowest BCUT2D eigenvalue weighted by molar-refractivity contribution is 0.174. The molecular formula is C16H15F2NO2. The fourth-order valence-electron chi connectivity index (χ4n) is 2.28. The zero-order valence-corrected chi connectivity index (χ0v) is 11.5. The molecule has 0 amide bonds. The molecule has 1 unspecified atom stereocenters. The summed E-state index contributed by atoms with van der Waals surface area (Å²) in [6.07, 6.45) is 0. The topological polar surface area (TPSA) is 30.5 Å². The standard InChI is InChI=1S/C16H15F2NO2/c1-10(12-2-3-15-16(6-12)21-9-20-15)19-8-11-4-13(17)7-14(18)5-11/h2-7,10,19H,8-9H2,1H3. The molecular weight excluding hydrogens is 276 g/mol. The monoisotopic (exact) mass is 291 g/mol. The molecule has 2 aromatic rings. The maximum absolute atomic E-state index is 13.1. The first kappa shape index (κ1) is 13.8. The molecule has 0 aromatic heterocycles. The van der Waals surface area contributed by atoms with Crippen molar-refractivity contribution < 1.29 is 18.3 Å². The number of halogens is 2. The molecule has 1 heterocycles. The van der Waals surface area contributed by atoms with Gasteiger partial charge in [0, 0.05) is 18.7 Å². The number of ether oxygens (including phenoxy) is 2. The van der Waals surface area contributed by atoms with E-state index in [1.807, 2.05) is 25.1 Å². The maximum atomic E-state index is 13.1. The molecule has 2 aromatic carbocycles. The smallest absolute Gasteiger partial charge is 0.231 e. The Morgan fingerprint density at radius 2 is 1.76 bits per heavy atom. The zero-order chi connectivity index (χ0) is 14.8. The van der Waals surface area contributed by atoms with Crippen molar-refractivity contribution in [1.29, 1.82) is 0 Å². The summed E-state index contributed by atoms with van der Waals surface area (Å²) in [5, 5.41) is 3.23. The lowest BCUT2D eigenvalue weighted by Gasteiger charge is -2.15. The largest absolute Gasteiger partial charge is 0.454 e. The molecule has 3 nitrogen and oxygen atoms in total. The summed E-state index contributed by atoms with van der Waals surface area (Å²) in [4.78, 5) is 0. The van der Waals surface area contributed by atoms with Gasteiger partial charge in [0.25, 0.3) is 0 Å². The molecule has 1 N–H and O–H groups in total. The van der Waals surface area contributed by atoms with Crippen molar-refractivity contribution in [2.45, 2.75) is 19.5 Å². The molecule has 0 saturated heterocycles. The summed E-state index contributed by atoms with van der Waals surface area (Å²) >= 11 is 0. The van der Waals surface area contributed by atoms with Crippen molar-refractivity contribution in [3.63, 3.8) is 0 Å². The quantitative estimate of drug-likeness (QED) is 0.934. The number of rotatable bonds is 4. The van der Waals surface area contributed by atoms with E-state index < -0.39 is 11.6 Å². The van der Waals surface area contributed by atoms with Crippen LogP contribution in [0.25, 0.3) is 0 Å². The second kappa shape index (κ2) is 5.69. The van der Waals surface area contributed by atoms with Gasteiger partial charge in [0.15, 0.2) is 11.5 Å². The fraction of sp³-hybridized carbons (Fsp3) is 0.250. The Labute approximate surface area is 121 Å². The lowest BCUT2D eigenvalue weighted by Crippen LogP contribution is -2.18. The summed E-state index contributed by atoms with van der Waals surface area (Å²) in [6, 6.07) is 9.24. The van der Waals surface area contributed by atoms with Crippen LogP contribution in [0, 0.1) is 11.6 Å². The molecule has 1 atom stereocenters. The Morgan fingerprint density at radius 3 is 2.52 bits per heavy atom. The van der Waals surface area contributed by atoms with Crippen LogP contribution in [0.3, 0.4) is 0 Å². The second-order valence-electron chi connectivity index (χ2n) is 4.99. The van der Waals surface area contributed by atoms with E-state index in [-0.39, 0.29) is 12.8 Å². The van der Waals surface area contributed by atoms with Gasteiger partial charge in [-0.3, -0.25) is 0 Å². The van der Waals surface area contributed by atoms with Gasteiger partial charge in [-0.25, -0.2) is 8.78 Å². The van der Waals surface area contributed by atoms with Gasteiger partial charge in [-0.15, -0.1) is 0 Å². The highest BCUT2D eigenvalue weighted by Crippen LogP contribution is 2.34. The molecule has 0 saturated carbocycles. The molecule has 21 heavy (non-hydrogen) atoms. The molecule has 0 spiro atoms. The first-order chi connectivity index (χ1) is 10.1. The summed E-state index contributed by atoms with van der Waals surface area (Å²) < 4.78 is 36.9. The Balaban J connectivity index is 1.67. The Hall–Kier alpha value is -2.14. The summed E-state index contributed by atoms with van der Waals surface area (Å²) in [5.41, 5.74) is 1.59. The highest BCUT2D eigenvalue weighted by Gasteiger charge is 2.15. The number of fused-ring (bicyclic) bond motifs is 1. The number of hydrogen-bond donors (Lipinski definition) is 1. The van der Waals surface area contributed by atoms with Crippen LogP contribution in [0.4, 0.5) is 8.78 Å². The van der Waals surface area contributed by atoms with Crippen LogP contribution >= 0.6 is 0 Å². The number of hydrogen-bond acceptors (Lipinski definition) is 3. The van der Waals surface area contributed by atoms with E-state index in [1.165, 1.54) is 12.1 Å². The first-order valence-electron chi connectivity index (χ1n) is 6.70. The molecule has 0 fully saturated rings. The SMILES string of the molecule is CC(NCc1cc(F)cc(F)c1)c1ccc2c(c1)OCO2. The van der Waals surface area contributed by atoms with Crippen molar-refractivity contribution in [2.75, 3.05) is 6.79 Å². The number of nitrogens with one attached hydrogen (secondary N) is 1. The van der Waals surface area contributed by atoms with E-state index in [0.29, 0.717) is 12.1 Å². The van der Waals surface area contributed by atoms with E-state index in [1.54, 1.807) is 0 Å². The summed E-state index contributed by atoms with van der Waals surface area (Å²) in [6.45, 7) is 2.60. The Kier molecular flexibility index (Phi) is 3.75. The van der Waals surface area contributed by atoms with Crippen LogP contribution in [-0.2, 0) is 6.54 Å². The molecule has 1 aliphatic heterocycles. The number of benzene rings is 2. The van der Waals surface area contributed by atoms with Crippen molar-refractivity contribution in [2.24, 2.45) is 0 Å². The predicted octanol–water partition coefficient (Wildman–Crippen LogP) is 3.54. The lowest BCUT2D eigenvalue weighted by atomic mass is 10.1. The first-order valence-corrected chi connectivity index (χ1v) is 6.70. The van der Waals surface area contributed by atoms with Gasteiger partial charge in [0.05, 0.1) is 0 Å². The van der Waals surface area contributed by atoms with Gasteiger partial charge in [-0.1, -0.05) is 6.07 Å². The van der Waals surface area contributed by atoms with E-state index in [9.17, 15) is 8.78 Å². The van der Waals surface area contributed by atoms with Gasteiger partial charge in [0.1, 0.15) is 11.6 Å². The fourth-order valence-corrected chi connectivity index (χ4v) is 2.28. The molecule has 0 radical (unpaired) electrons. The van der Waals surface area contributed by atoms with E-state index in [0.717, 1.165) is 23.1 Å². The van der Waals surface area contributed by atoms with Gasteiger partial charge in [-0.2, -0.15) is 0 Å². The van der Waals surface area contributed by atoms with Crippen LogP contribution in [0.2, 0.25) is 0 Å². The third kappa shape index (κ3) is 3.13. The summed E-state index contributed by atoms with van der Waals surface area (Å²) in [7, 11) is 0. The Bertz CT molecular complexity index is 640. The predicted molar refractivity (Wildman–Crippen MR) is 74.2 cm³/mol. The van der Waals surface area contributed by atoms with E-state index >= 15 is 0 Å². The van der Waals surface area contributed by atoms with Crippen molar-refractivity contribution in [3.05, 3.63) is 59.2 Å². The normalized spacial score (nSPS) is 14.2. The highest BCUT2D eigenvalue weighted by molar-refractivity contribution is 5.45.